The van der Waals surface area contributed by atoms with E-state index < -0.39 is 11.7 Å². The van der Waals surface area contributed by atoms with E-state index in [9.17, 15) is 14.0 Å². The Kier molecular flexibility index (Phi) is 5.49. The van der Waals surface area contributed by atoms with Crippen LogP contribution in [-0.2, 0) is 25.9 Å². The number of nitrogens with zero attached hydrogens (tertiary/aromatic N) is 5. The van der Waals surface area contributed by atoms with Crippen molar-refractivity contribution in [3.63, 3.8) is 0 Å². The Balaban J connectivity index is 1.36. The first kappa shape index (κ1) is 21.0. The van der Waals surface area contributed by atoms with Gasteiger partial charge in [0.2, 0.25) is 0 Å². The molecule has 3 aromatic rings. The van der Waals surface area contributed by atoms with E-state index in [0.29, 0.717) is 43.4 Å². The monoisotopic (exact) mass is 449 g/mol. The second kappa shape index (κ2) is 8.61. The van der Waals surface area contributed by atoms with E-state index in [0.717, 1.165) is 36.3 Å². The van der Waals surface area contributed by atoms with Gasteiger partial charge in [0.25, 0.3) is 5.91 Å². The number of amides is 3. The highest BCUT2D eigenvalue weighted by atomic mass is 19.1. The summed E-state index contributed by atoms with van der Waals surface area (Å²) < 4.78 is 16.8. The minimum Gasteiger partial charge on any atom is -0.338 e. The van der Waals surface area contributed by atoms with Crippen molar-refractivity contribution in [2.24, 2.45) is 0 Å². The first-order valence-corrected chi connectivity index (χ1v) is 11.1. The van der Waals surface area contributed by atoms with Gasteiger partial charge in [-0.2, -0.15) is 0 Å². The number of hydrogen-bond acceptors (Lipinski definition) is 5. The standard InChI is InChI=1S/C23H24FN7O2/c1-2-25-23(33)30-10-8-14-12-17(24)16(11-15(14)13-30)22(32)27-19-6-3-5-18(26-19)21-29-28-20-7-4-9-31(20)21/h3,5-6,11-12H,2,4,7-10,13H2,1H3,(H,25,33)(H,26,27,32). The average Bonchev–Trinajstić information content (AvgIpc) is 3.43. The number of pyridine rings is 1. The molecule has 9 nitrogen and oxygen atoms in total. The van der Waals surface area contributed by atoms with Gasteiger partial charge >= 0.3 is 6.03 Å². The molecule has 0 bridgehead atoms. The molecule has 0 spiro atoms. The molecule has 0 aliphatic carbocycles. The fourth-order valence-electron chi connectivity index (χ4n) is 4.34. The number of urea groups is 1. The Morgan fingerprint density at radius 1 is 1.12 bits per heavy atom. The van der Waals surface area contributed by atoms with Crippen molar-refractivity contribution in [1.29, 1.82) is 0 Å². The number of nitrogens with one attached hydrogen (secondary N) is 2. The quantitative estimate of drug-likeness (QED) is 0.637. The van der Waals surface area contributed by atoms with Gasteiger partial charge in [-0.25, -0.2) is 14.2 Å². The van der Waals surface area contributed by atoms with Crippen LogP contribution in [0.1, 0.15) is 40.7 Å². The number of rotatable bonds is 4. The van der Waals surface area contributed by atoms with Crippen molar-refractivity contribution >= 4 is 17.8 Å². The van der Waals surface area contributed by atoms with Crippen LogP contribution in [0.25, 0.3) is 11.5 Å². The van der Waals surface area contributed by atoms with E-state index in [1.165, 1.54) is 12.1 Å². The summed E-state index contributed by atoms with van der Waals surface area (Å²) in [6, 6.07) is 7.97. The van der Waals surface area contributed by atoms with Gasteiger partial charge in [0.05, 0.1) is 5.56 Å². The molecule has 0 unspecified atom stereocenters. The molecule has 2 N–H and O–H groups in total. The van der Waals surface area contributed by atoms with Gasteiger partial charge in [-0.1, -0.05) is 6.07 Å². The lowest BCUT2D eigenvalue weighted by Crippen LogP contribution is -2.42. The Morgan fingerprint density at radius 2 is 2.00 bits per heavy atom. The number of benzene rings is 1. The van der Waals surface area contributed by atoms with E-state index in [-0.39, 0.29) is 11.6 Å². The topological polar surface area (TPSA) is 105 Å². The zero-order valence-electron chi connectivity index (χ0n) is 18.3. The molecule has 0 saturated carbocycles. The fourth-order valence-corrected chi connectivity index (χ4v) is 4.34. The molecular formula is C23H24FN7O2. The minimum absolute atomic E-state index is 0.0814. The zero-order valence-corrected chi connectivity index (χ0v) is 18.3. The Labute approximate surface area is 190 Å². The summed E-state index contributed by atoms with van der Waals surface area (Å²) in [5, 5.41) is 13.9. The molecule has 0 saturated heterocycles. The third-order valence-corrected chi connectivity index (χ3v) is 5.99. The summed E-state index contributed by atoms with van der Waals surface area (Å²) in [7, 11) is 0. The van der Waals surface area contributed by atoms with Crippen LogP contribution in [0.15, 0.2) is 30.3 Å². The van der Waals surface area contributed by atoms with E-state index in [2.05, 4.69) is 25.8 Å². The Bertz CT molecular complexity index is 1240. The summed E-state index contributed by atoms with van der Waals surface area (Å²) in [6.45, 7) is 4.06. The van der Waals surface area contributed by atoms with Crippen molar-refractivity contribution < 1.29 is 14.0 Å². The van der Waals surface area contributed by atoms with Crippen LogP contribution in [0.2, 0.25) is 0 Å². The van der Waals surface area contributed by atoms with Gasteiger partial charge in [0.1, 0.15) is 23.2 Å². The van der Waals surface area contributed by atoms with Crippen molar-refractivity contribution in [2.45, 2.75) is 39.3 Å². The molecule has 10 heteroatoms. The van der Waals surface area contributed by atoms with Crippen LogP contribution in [0.5, 0.6) is 0 Å². The van der Waals surface area contributed by atoms with Crippen molar-refractivity contribution in [3.05, 3.63) is 58.7 Å². The molecule has 2 aromatic heterocycles. The number of hydrogen-bond donors (Lipinski definition) is 2. The molecule has 0 fully saturated rings. The lowest BCUT2D eigenvalue weighted by Gasteiger charge is -2.29. The molecule has 1 aromatic carbocycles. The molecular weight excluding hydrogens is 425 g/mol. The molecule has 33 heavy (non-hydrogen) atoms. The Hall–Kier alpha value is -3.82. The van der Waals surface area contributed by atoms with Gasteiger partial charge in [-0.3, -0.25) is 4.79 Å². The normalized spacial score (nSPS) is 14.5. The molecule has 170 valence electrons. The molecule has 0 radical (unpaired) electrons. The maximum absolute atomic E-state index is 14.8. The number of halogens is 1. The van der Waals surface area contributed by atoms with Crippen LogP contribution < -0.4 is 10.6 Å². The molecule has 2 aliphatic rings. The second-order valence-electron chi connectivity index (χ2n) is 8.17. The minimum atomic E-state index is -0.596. The van der Waals surface area contributed by atoms with Gasteiger partial charge in [-0.05, 0) is 55.2 Å². The zero-order chi connectivity index (χ0) is 22.9. The van der Waals surface area contributed by atoms with Gasteiger partial charge < -0.3 is 20.1 Å². The molecule has 5 rings (SSSR count). The SMILES string of the molecule is CCNC(=O)N1CCc2cc(F)c(C(=O)Nc3cccc(-c4nnc5n4CCC5)n3)cc2C1. The third kappa shape index (κ3) is 4.04. The van der Waals surface area contributed by atoms with Crippen LogP contribution in [0.4, 0.5) is 15.0 Å². The lowest BCUT2D eigenvalue weighted by molar-refractivity contribution is 0.102. The predicted molar refractivity (Wildman–Crippen MR) is 119 cm³/mol. The van der Waals surface area contributed by atoms with Crippen LogP contribution >= 0.6 is 0 Å². The number of carbonyl (C=O) groups is 2. The first-order valence-electron chi connectivity index (χ1n) is 11.1. The maximum Gasteiger partial charge on any atom is 0.317 e. The van der Waals surface area contributed by atoms with Crippen LogP contribution in [-0.4, -0.2) is 49.7 Å². The van der Waals surface area contributed by atoms with Gasteiger partial charge in [0, 0.05) is 32.6 Å². The number of aryl methyl sites for hydroxylation is 1. The predicted octanol–water partition coefficient (Wildman–Crippen LogP) is 2.77. The number of fused-ring (bicyclic) bond motifs is 2. The maximum atomic E-state index is 14.8. The van der Waals surface area contributed by atoms with E-state index in [1.807, 2.05) is 11.5 Å². The van der Waals surface area contributed by atoms with E-state index >= 15 is 0 Å². The fraction of sp³-hybridized carbons (Fsp3) is 0.348. The average molecular weight is 449 g/mol. The first-order chi connectivity index (χ1) is 16.0. The van der Waals surface area contributed by atoms with Crippen molar-refractivity contribution in [3.8, 4) is 11.5 Å². The van der Waals surface area contributed by atoms with Crippen molar-refractivity contribution in [2.75, 3.05) is 18.4 Å². The molecule has 0 atom stereocenters. The lowest BCUT2D eigenvalue weighted by atomic mass is 9.96. The molecule has 2 aliphatic heterocycles. The third-order valence-electron chi connectivity index (χ3n) is 5.99. The van der Waals surface area contributed by atoms with E-state index in [4.69, 9.17) is 0 Å². The summed E-state index contributed by atoms with van der Waals surface area (Å²) in [5.74, 6) is 0.697. The summed E-state index contributed by atoms with van der Waals surface area (Å²) in [6.07, 6.45) is 2.44. The van der Waals surface area contributed by atoms with Crippen LogP contribution in [0.3, 0.4) is 0 Å². The van der Waals surface area contributed by atoms with Gasteiger partial charge in [-0.15, -0.1) is 10.2 Å². The molecule has 3 amide bonds. The number of anilines is 1. The number of carbonyl (C=O) groups excluding carboxylic acids is 2. The Morgan fingerprint density at radius 3 is 2.85 bits per heavy atom. The largest absolute Gasteiger partial charge is 0.338 e. The highest BCUT2D eigenvalue weighted by molar-refractivity contribution is 6.04. The number of aromatic nitrogens is 4. The van der Waals surface area contributed by atoms with E-state index in [1.54, 1.807) is 23.1 Å². The summed E-state index contributed by atoms with van der Waals surface area (Å²) in [5.41, 5.74) is 2.09. The smallest absolute Gasteiger partial charge is 0.317 e. The summed E-state index contributed by atoms with van der Waals surface area (Å²) in [4.78, 5) is 31.2. The highest BCUT2D eigenvalue weighted by Gasteiger charge is 2.24. The second-order valence-corrected chi connectivity index (χ2v) is 8.17. The molecule has 4 heterocycles. The van der Waals surface area contributed by atoms with Gasteiger partial charge in [0.15, 0.2) is 5.82 Å². The summed E-state index contributed by atoms with van der Waals surface area (Å²) >= 11 is 0. The van der Waals surface area contributed by atoms with Crippen molar-refractivity contribution in [1.82, 2.24) is 30.0 Å². The van der Waals surface area contributed by atoms with Crippen LogP contribution in [0, 0.1) is 5.82 Å². The highest BCUT2D eigenvalue weighted by Crippen LogP contribution is 2.25.